The molecule has 1 N–H and O–H groups in total. The highest BCUT2D eigenvalue weighted by Crippen LogP contribution is 2.28. The van der Waals surface area contributed by atoms with Crippen molar-refractivity contribution in [1.29, 1.82) is 0 Å². The molecule has 0 saturated carbocycles. The van der Waals surface area contributed by atoms with E-state index in [1.54, 1.807) is 0 Å². The van der Waals surface area contributed by atoms with E-state index in [0.29, 0.717) is 12.6 Å². The molecule has 14 heavy (non-hydrogen) atoms. The first kappa shape index (κ1) is 10.1. The van der Waals surface area contributed by atoms with E-state index < -0.39 is 0 Å². The normalized spacial score (nSPS) is 26.7. The number of rotatable bonds is 2. The predicted octanol–water partition coefficient (Wildman–Crippen LogP) is 2.56. The minimum atomic E-state index is 0.421. The molecule has 0 aromatic carbocycles. The SMILES string of the molecule is CCCC1C=C2CCOCC2=C(Cl)N1. The zero-order valence-corrected chi connectivity index (χ0v) is 9.23. The molecule has 2 heterocycles. The van der Waals surface area contributed by atoms with Crippen LogP contribution in [0.1, 0.15) is 26.2 Å². The monoisotopic (exact) mass is 213 g/mol. The van der Waals surface area contributed by atoms with Crippen molar-refractivity contribution in [3.05, 3.63) is 22.4 Å². The summed E-state index contributed by atoms with van der Waals surface area (Å²) in [6.07, 6.45) is 5.64. The van der Waals surface area contributed by atoms with Gasteiger partial charge < -0.3 is 10.1 Å². The molecule has 0 amide bonds. The Balaban J connectivity index is 2.15. The average molecular weight is 214 g/mol. The van der Waals surface area contributed by atoms with Crippen LogP contribution in [0.3, 0.4) is 0 Å². The largest absolute Gasteiger partial charge is 0.376 e. The fraction of sp³-hybridized carbons (Fsp3) is 0.636. The summed E-state index contributed by atoms with van der Waals surface area (Å²) in [5.41, 5.74) is 2.55. The number of hydrogen-bond donors (Lipinski definition) is 1. The van der Waals surface area contributed by atoms with Gasteiger partial charge in [-0.05, 0) is 18.4 Å². The maximum Gasteiger partial charge on any atom is 0.108 e. The lowest BCUT2D eigenvalue weighted by Crippen LogP contribution is -2.32. The number of nitrogens with one attached hydrogen (secondary N) is 1. The third-order valence-electron chi connectivity index (χ3n) is 2.73. The molecule has 0 bridgehead atoms. The Morgan fingerprint density at radius 2 is 2.50 bits per heavy atom. The van der Waals surface area contributed by atoms with Crippen LogP contribution in [-0.4, -0.2) is 19.3 Å². The highest BCUT2D eigenvalue weighted by Gasteiger charge is 2.22. The Labute approximate surface area is 90.0 Å². The van der Waals surface area contributed by atoms with Crippen molar-refractivity contribution in [3.8, 4) is 0 Å². The first-order valence-corrected chi connectivity index (χ1v) is 5.63. The van der Waals surface area contributed by atoms with Gasteiger partial charge >= 0.3 is 0 Å². The third-order valence-corrected chi connectivity index (χ3v) is 3.07. The predicted molar refractivity (Wildman–Crippen MR) is 58.2 cm³/mol. The average Bonchev–Trinajstić information content (AvgIpc) is 2.18. The Hall–Kier alpha value is -0.470. The third kappa shape index (κ3) is 1.96. The van der Waals surface area contributed by atoms with Crippen LogP contribution in [0, 0.1) is 0 Å². The van der Waals surface area contributed by atoms with Gasteiger partial charge in [0.1, 0.15) is 5.16 Å². The van der Waals surface area contributed by atoms with E-state index in [4.69, 9.17) is 16.3 Å². The van der Waals surface area contributed by atoms with Gasteiger partial charge in [0.25, 0.3) is 0 Å². The Kier molecular flexibility index (Phi) is 3.14. The topological polar surface area (TPSA) is 21.3 Å². The molecule has 1 atom stereocenters. The molecule has 0 spiro atoms. The second-order valence-electron chi connectivity index (χ2n) is 3.83. The first-order chi connectivity index (χ1) is 6.81. The first-order valence-electron chi connectivity index (χ1n) is 5.25. The summed E-state index contributed by atoms with van der Waals surface area (Å²) in [4.78, 5) is 0. The van der Waals surface area contributed by atoms with E-state index in [9.17, 15) is 0 Å². The minimum Gasteiger partial charge on any atom is -0.376 e. The molecule has 2 aliphatic rings. The summed E-state index contributed by atoms with van der Waals surface area (Å²) in [6, 6.07) is 0.421. The Morgan fingerprint density at radius 1 is 1.64 bits per heavy atom. The number of hydrogen-bond acceptors (Lipinski definition) is 2. The van der Waals surface area contributed by atoms with Crippen LogP contribution in [0.4, 0.5) is 0 Å². The molecule has 0 radical (unpaired) electrons. The van der Waals surface area contributed by atoms with Gasteiger partial charge in [0.15, 0.2) is 0 Å². The highest BCUT2D eigenvalue weighted by molar-refractivity contribution is 6.30. The lowest BCUT2D eigenvalue weighted by atomic mass is 9.95. The van der Waals surface area contributed by atoms with Crippen molar-refractivity contribution in [2.75, 3.05) is 13.2 Å². The molecule has 0 aromatic heterocycles. The minimum absolute atomic E-state index is 0.421. The number of dihydropyridines is 1. The smallest absolute Gasteiger partial charge is 0.108 e. The standard InChI is InChI=1S/C11H16ClNO/c1-2-3-9-6-8-4-5-14-7-10(8)11(12)13-9/h6,9,13H,2-5,7H2,1H3. The number of ether oxygens (including phenoxy) is 1. The van der Waals surface area contributed by atoms with E-state index in [1.165, 1.54) is 12.0 Å². The van der Waals surface area contributed by atoms with Crippen LogP contribution in [0.5, 0.6) is 0 Å². The molecule has 0 aliphatic carbocycles. The van der Waals surface area contributed by atoms with E-state index in [0.717, 1.165) is 30.2 Å². The van der Waals surface area contributed by atoms with Crippen molar-refractivity contribution in [2.24, 2.45) is 0 Å². The van der Waals surface area contributed by atoms with Gasteiger partial charge in [-0.2, -0.15) is 0 Å². The maximum atomic E-state index is 6.17. The molecule has 2 rings (SSSR count). The number of halogens is 1. The number of fused-ring (bicyclic) bond motifs is 1. The summed E-state index contributed by atoms with van der Waals surface area (Å²) in [5.74, 6) is 0. The van der Waals surface area contributed by atoms with E-state index in [-0.39, 0.29) is 0 Å². The van der Waals surface area contributed by atoms with Gasteiger partial charge in [-0.3, -0.25) is 0 Å². The van der Waals surface area contributed by atoms with Crippen molar-refractivity contribution in [1.82, 2.24) is 5.32 Å². The molecule has 1 fully saturated rings. The van der Waals surface area contributed by atoms with Gasteiger partial charge in [-0.25, -0.2) is 0 Å². The quantitative estimate of drug-likeness (QED) is 0.712. The van der Waals surface area contributed by atoms with Gasteiger partial charge in [-0.1, -0.05) is 31.0 Å². The van der Waals surface area contributed by atoms with Crippen LogP contribution < -0.4 is 5.32 Å². The molecular formula is C11H16ClNO. The molecule has 2 aliphatic heterocycles. The summed E-state index contributed by atoms with van der Waals surface area (Å²) < 4.78 is 5.38. The van der Waals surface area contributed by atoms with Gasteiger partial charge in [0, 0.05) is 11.6 Å². The highest BCUT2D eigenvalue weighted by atomic mass is 35.5. The maximum absolute atomic E-state index is 6.17. The summed E-state index contributed by atoms with van der Waals surface area (Å²) in [6.45, 7) is 3.69. The van der Waals surface area contributed by atoms with Crippen molar-refractivity contribution >= 4 is 11.6 Å². The zero-order valence-electron chi connectivity index (χ0n) is 8.48. The van der Waals surface area contributed by atoms with E-state index >= 15 is 0 Å². The van der Waals surface area contributed by atoms with Crippen molar-refractivity contribution in [2.45, 2.75) is 32.2 Å². The fourth-order valence-corrected chi connectivity index (χ4v) is 2.31. The van der Waals surface area contributed by atoms with Crippen LogP contribution in [0.15, 0.2) is 22.4 Å². The second-order valence-corrected chi connectivity index (χ2v) is 4.20. The van der Waals surface area contributed by atoms with Gasteiger partial charge in [-0.15, -0.1) is 0 Å². The molecule has 0 aromatic rings. The van der Waals surface area contributed by atoms with Crippen molar-refractivity contribution in [3.63, 3.8) is 0 Å². The van der Waals surface area contributed by atoms with Crippen LogP contribution >= 0.6 is 11.6 Å². The van der Waals surface area contributed by atoms with Crippen LogP contribution in [0.25, 0.3) is 0 Å². The van der Waals surface area contributed by atoms with Crippen LogP contribution in [-0.2, 0) is 4.74 Å². The molecule has 2 nitrogen and oxygen atoms in total. The molecule has 1 saturated heterocycles. The summed E-state index contributed by atoms with van der Waals surface area (Å²) in [7, 11) is 0. The van der Waals surface area contributed by atoms with E-state index in [1.807, 2.05) is 0 Å². The summed E-state index contributed by atoms with van der Waals surface area (Å²) in [5, 5.41) is 4.10. The van der Waals surface area contributed by atoms with Crippen LogP contribution in [0.2, 0.25) is 0 Å². The molecule has 3 heteroatoms. The second kappa shape index (κ2) is 4.37. The summed E-state index contributed by atoms with van der Waals surface area (Å²) >= 11 is 6.17. The lowest BCUT2D eigenvalue weighted by molar-refractivity contribution is 0.144. The lowest BCUT2D eigenvalue weighted by Gasteiger charge is -2.29. The van der Waals surface area contributed by atoms with Gasteiger partial charge in [0.05, 0.1) is 13.2 Å². The van der Waals surface area contributed by atoms with Gasteiger partial charge in [0.2, 0.25) is 0 Å². The zero-order chi connectivity index (χ0) is 9.97. The van der Waals surface area contributed by atoms with Crippen molar-refractivity contribution < 1.29 is 4.74 Å². The molecule has 1 unspecified atom stereocenters. The fourth-order valence-electron chi connectivity index (χ4n) is 1.99. The molecular weight excluding hydrogens is 198 g/mol. The van der Waals surface area contributed by atoms with E-state index in [2.05, 4.69) is 18.3 Å². The Morgan fingerprint density at radius 3 is 3.29 bits per heavy atom. The molecule has 78 valence electrons. The Bertz CT molecular complexity index is 283.